The largest absolute Gasteiger partial charge is 0.543 e. The molecule has 1 aromatic rings. The summed E-state index contributed by atoms with van der Waals surface area (Å²) < 4.78 is 19.8. The van der Waals surface area contributed by atoms with Gasteiger partial charge in [-0.05, 0) is 86.0 Å². The summed E-state index contributed by atoms with van der Waals surface area (Å²) in [5.74, 6) is 1.24. The second-order valence-corrected chi connectivity index (χ2v) is 19.7. The fourth-order valence-corrected chi connectivity index (χ4v) is 9.79. The van der Waals surface area contributed by atoms with Crippen LogP contribution in [0.4, 0.5) is 0 Å². The summed E-state index contributed by atoms with van der Waals surface area (Å²) in [4.78, 5) is 26.8. The fourth-order valence-electron chi connectivity index (χ4n) is 8.77. The molecule has 40 heavy (non-hydrogen) atoms. The van der Waals surface area contributed by atoms with Crippen molar-refractivity contribution in [1.29, 1.82) is 0 Å². The predicted octanol–water partition coefficient (Wildman–Crippen LogP) is 7.38. The molecule has 6 rings (SSSR count). The molecule has 9 atom stereocenters. The average Bonchev–Trinajstić information content (AvgIpc) is 3.34. The van der Waals surface area contributed by atoms with E-state index in [-0.39, 0.29) is 58.8 Å². The van der Waals surface area contributed by atoms with Gasteiger partial charge in [0.2, 0.25) is 8.32 Å². The number of carbonyl (C=O) groups excluding carboxylic acids is 2. The van der Waals surface area contributed by atoms with Crippen LogP contribution in [0, 0.1) is 28.6 Å². The molecule has 0 bridgehead atoms. The minimum Gasteiger partial charge on any atom is -0.543 e. The van der Waals surface area contributed by atoms with Gasteiger partial charge < -0.3 is 13.9 Å². The number of benzene rings is 1. The molecule has 0 spiro atoms. The first-order valence-electron chi connectivity index (χ1n) is 15.2. The van der Waals surface area contributed by atoms with E-state index in [1.165, 1.54) is 16.7 Å². The third kappa shape index (κ3) is 3.74. The number of hydrogen-bond donors (Lipinski definition) is 0. The Kier molecular flexibility index (Phi) is 6.23. The van der Waals surface area contributed by atoms with Gasteiger partial charge in [-0.15, -0.1) is 0 Å². The molecule has 6 heteroatoms. The normalized spacial score (nSPS) is 40.5. The SMILES string of the molecule is CC[C@H]1[C@@H]2CC3=C(C)[C@@H](c4cccc(O[Si](C)(C)C(C)(C)C)c4)C[C@@H]3O[C@@H]2[C@@H]2OC(=O)[C@]3(C)C=CC(=O)[C@@]1(C)[C@@H]23. The summed E-state index contributed by atoms with van der Waals surface area (Å²) in [6.45, 7) is 19.9. The summed E-state index contributed by atoms with van der Waals surface area (Å²) in [6.07, 6.45) is 5.59. The lowest BCUT2D eigenvalue weighted by atomic mass is 9.45. The van der Waals surface area contributed by atoms with E-state index < -0.39 is 19.1 Å². The van der Waals surface area contributed by atoms with Crippen LogP contribution in [0.5, 0.6) is 5.75 Å². The Morgan fingerprint density at radius 1 is 1.12 bits per heavy atom. The third-order valence-corrected chi connectivity index (χ3v) is 16.3. The Bertz CT molecular complexity index is 1320. The van der Waals surface area contributed by atoms with Crippen molar-refractivity contribution in [1.82, 2.24) is 0 Å². The predicted molar refractivity (Wildman–Crippen MR) is 159 cm³/mol. The number of rotatable bonds is 4. The monoisotopic (exact) mass is 562 g/mol. The summed E-state index contributed by atoms with van der Waals surface area (Å²) in [5, 5.41) is 0.133. The zero-order chi connectivity index (χ0) is 29.0. The first kappa shape index (κ1) is 28.0. The first-order valence-corrected chi connectivity index (χ1v) is 18.1. The number of esters is 1. The van der Waals surface area contributed by atoms with Crippen molar-refractivity contribution in [3.63, 3.8) is 0 Å². The summed E-state index contributed by atoms with van der Waals surface area (Å²) in [7, 11) is -1.95. The maximum Gasteiger partial charge on any atom is 0.316 e. The van der Waals surface area contributed by atoms with Gasteiger partial charge in [0.1, 0.15) is 11.9 Å². The topological polar surface area (TPSA) is 61.8 Å². The van der Waals surface area contributed by atoms with Gasteiger partial charge in [-0.25, -0.2) is 0 Å². The Morgan fingerprint density at radius 3 is 2.52 bits per heavy atom. The summed E-state index contributed by atoms with van der Waals surface area (Å²) in [5.41, 5.74) is 2.64. The number of ketones is 1. The van der Waals surface area contributed by atoms with Gasteiger partial charge in [-0.2, -0.15) is 0 Å². The van der Waals surface area contributed by atoms with Crippen molar-refractivity contribution in [3.05, 3.63) is 53.1 Å². The fraction of sp³-hybridized carbons (Fsp3) is 0.647. The van der Waals surface area contributed by atoms with Crippen LogP contribution in [0.3, 0.4) is 0 Å². The molecule has 3 fully saturated rings. The van der Waals surface area contributed by atoms with Gasteiger partial charge in [0, 0.05) is 17.3 Å². The molecule has 2 heterocycles. The Labute approximate surface area is 240 Å². The van der Waals surface area contributed by atoms with Crippen LogP contribution in [0.25, 0.3) is 0 Å². The molecular weight excluding hydrogens is 516 g/mol. The third-order valence-electron chi connectivity index (χ3n) is 12.0. The van der Waals surface area contributed by atoms with E-state index in [2.05, 4.69) is 78.9 Å². The number of hydrogen-bond acceptors (Lipinski definition) is 5. The van der Waals surface area contributed by atoms with Crippen LogP contribution >= 0.6 is 0 Å². The number of fused-ring (bicyclic) bond motifs is 3. The lowest BCUT2D eigenvalue weighted by Crippen LogP contribution is -2.64. The number of ether oxygens (including phenoxy) is 2. The highest BCUT2D eigenvalue weighted by Gasteiger charge is 2.72. The zero-order valence-corrected chi connectivity index (χ0v) is 26.7. The van der Waals surface area contributed by atoms with E-state index in [0.29, 0.717) is 0 Å². The Hall–Kier alpha value is -2.18. The van der Waals surface area contributed by atoms with Crippen LogP contribution < -0.4 is 4.43 Å². The molecule has 0 amide bonds. The highest BCUT2D eigenvalue weighted by molar-refractivity contribution is 6.74. The summed E-state index contributed by atoms with van der Waals surface area (Å²) >= 11 is 0. The number of allylic oxidation sites excluding steroid dienone is 2. The second kappa shape index (κ2) is 8.91. The van der Waals surface area contributed by atoms with Gasteiger partial charge in [0.25, 0.3) is 0 Å². The minimum atomic E-state index is -1.95. The molecule has 1 aromatic carbocycles. The van der Waals surface area contributed by atoms with Gasteiger partial charge in [0.05, 0.1) is 17.6 Å². The second-order valence-electron chi connectivity index (χ2n) is 15.0. The molecule has 3 aliphatic carbocycles. The molecule has 2 aliphatic heterocycles. The summed E-state index contributed by atoms with van der Waals surface area (Å²) in [6, 6.07) is 8.66. The number of carbonyl (C=O) groups is 2. The van der Waals surface area contributed by atoms with Gasteiger partial charge in [0.15, 0.2) is 5.78 Å². The zero-order valence-electron chi connectivity index (χ0n) is 25.7. The van der Waals surface area contributed by atoms with E-state index in [4.69, 9.17) is 13.9 Å². The molecule has 5 aliphatic rings. The van der Waals surface area contributed by atoms with Gasteiger partial charge in [-0.1, -0.05) is 64.8 Å². The van der Waals surface area contributed by atoms with Crippen LogP contribution in [0.15, 0.2) is 47.6 Å². The molecular formula is C34H46O5Si. The van der Waals surface area contributed by atoms with E-state index in [1.54, 1.807) is 12.2 Å². The van der Waals surface area contributed by atoms with Crippen molar-refractivity contribution < 1.29 is 23.5 Å². The van der Waals surface area contributed by atoms with Crippen molar-refractivity contribution in [2.24, 2.45) is 28.6 Å². The van der Waals surface area contributed by atoms with E-state index in [9.17, 15) is 9.59 Å². The molecule has 0 radical (unpaired) electrons. The maximum absolute atomic E-state index is 13.6. The Balaban J connectivity index is 1.33. The standard InChI is InChI=1S/C34H46O5Si/c1-10-25-24-17-23-19(2)22(20-12-11-13-21(16-20)39-40(8,9)32(3,4)5)18-26(23)37-28(24)29-30-33(6,31(36)38-29)15-14-27(35)34(25,30)7/h11-16,22,24-26,28-30H,10,17-18H2,1-9H3/t22-,24-,25-,26-,28-,29-,30-,33+,34-/m0/s1. The van der Waals surface area contributed by atoms with Crippen molar-refractivity contribution in [3.8, 4) is 5.75 Å². The lowest BCUT2D eigenvalue weighted by molar-refractivity contribution is -0.202. The molecule has 5 nitrogen and oxygen atoms in total. The smallest absolute Gasteiger partial charge is 0.316 e. The van der Waals surface area contributed by atoms with Crippen LogP contribution in [-0.2, 0) is 19.1 Å². The molecule has 216 valence electrons. The average molecular weight is 563 g/mol. The lowest BCUT2D eigenvalue weighted by Gasteiger charge is -2.58. The van der Waals surface area contributed by atoms with E-state index in [1.807, 2.05) is 6.92 Å². The van der Waals surface area contributed by atoms with E-state index >= 15 is 0 Å². The Morgan fingerprint density at radius 2 is 1.85 bits per heavy atom. The van der Waals surface area contributed by atoms with Crippen molar-refractivity contribution in [2.45, 2.75) is 110 Å². The molecule has 1 saturated carbocycles. The van der Waals surface area contributed by atoms with Gasteiger partial charge in [-0.3, -0.25) is 9.59 Å². The molecule has 0 unspecified atom stereocenters. The molecule has 0 aromatic heterocycles. The van der Waals surface area contributed by atoms with Crippen molar-refractivity contribution >= 4 is 20.1 Å². The van der Waals surface area contributed by atoms with Gasteiger partial charge >= 0.3 is 5.97 Å². The van der Waals surface area contributed by atoms with Crippen LogP contribution in [0.1, 0.15) is 79.2 Å². The molecule has 2 saturated heterocycles. The van der Waals surface area contributed by atoms with Crippen LogP contribution in [0.2, 0.25) is 18.1 Å². The van der Waals surface area contributed by atoms with Crippen LogP contribution in [-0.4, -0.2) is 38.4 Å². The quantitative estimate of drug-likeness (QED) is 0.218. The molecule has 0 N–H and O–H groups in total. The highest BCUT2D eigenvalue weighted by atomic mass is 28.4. The maximum atomic E-state index is 13.6. The highest BCUT2D eigenvalue weighted by Crippen LogP contribution is 2.65. The van der Waals surface area contributed by atoms with Crippen molar-refractivity contribution in [2.75, 3.05) is 0 Å². The first-order chi connectivity index (χ1) is 18.6. The minimum absolute atomic E-state index is 0.0125. The van der Waals surface area contributed by atoms with E-state index in [0.717, 1.165) is 25.0 Å².